The van der Waals surface area contributed by atoms with E-state index in [0.29, 0.717) is 0 Å². The molecule has 472 valence electrons. The third kappa shape index (κ3) is 8.79. The Balaban J connectivity index is 0.666. The quantitative estimate of drug-likeness (QED) is 0.133. The molecule has 2 aliphatic rings. The van der Waals surface area contributed by atoms with Crippen molar-refractivity contribution in [3.8, 4) is 83.8 Å². The van der Waals surface area contributed by atoms with E-state index in [-0.39, 0.29) is 10.8 Å². The highest BCUT2D eigenvalue weighted by molar-refractivity contribution is 6.13. The van der Waals surface area contributed by atoms with Crippen molar-refractivity contribution in [1.82, 2.24) is 13.7 Å². The molecule has 0 atom stereocenters. The molecule has 4 nitrogen and oxygen atoms in total. The molecule has 0 saturated carbocycles. The third-order valence-electron chi connectivity index (χ3n) is 22.2. The van der Waals surface area contributed by atoms with E-state index in [1.807, 2.05) is 0 Å². The van der Waals surface area contributed by atoms with Crippen molar-refractivity contribution in [3.05, 3.63) is 362 Å². The second-order valence-corrected chi connectivity index (χ2v) is 28.5. The van der Waals surface area contributed by atoms with Crippen molar-refractivity contribution in [2.75, 3.05) is 4.90 Å². The lowest BCUT2D eigenvalue weighted by molar-refractivity contribution is 0.660. The van der Waals surface area contributed by atoms with E-state index in [0.717, 1.165) is 28.4 Å². The van der Waals surface area contributed by atoms with Crippen molar-refractivity contribution in [3.63, 3.8) is 0 Å². The van der Waals surface area contributed by atoms with Gasteiger partial charge in [-0.15, -0.1) is 0 Å². The lowest BCUT2D eigenvalue weighted by atomic mass is 9.81. The molecular weight excluding hydrogens is 1210 g/mol. The van der Waals surface area contributed by atoms with Crippen LogP contribution in [0, 0.1) is 0 Å². The van der Waals surface area contributed by atoms with Crippen LogP contribution in [0.25, 0.3) is 149 Å². The Labute approximate surface area is 581 Å². The van der Waals surface area contributed by atoms with E-state index in [1.165, 1.54) is 160 Å². The van der Waals surface area contributed by atoms with Crippen molar-refractivity contribution in [2.24, 2.45) is 0 Å². The van der Waals surface area contributed by atoms with Gasteiger partial charge in [-0.2, -0.15) is 0 Å². The molecule has 0 fully saturated rings. The molecule has 0 spiro atoms. The summed E-state index contributed by atoms with van der Waals surface area (Å²) in [6, 6.07) is 127. The monoisotopic (exact) mass is 1280 g/mol. The minimum atomic E-state index is -0.296. The molecule has 20 rings (SSSR count). The highest BCUT2D eigenvalue weighted by atomic mass is 15.1. The number of fused-ring (bicyclic) bond motifs is 15. The van der Waals surface area contributed by atoms with Gasteiger partial charge in [-0.1, -0.05) is 240 Å². The summed E-state index contributed by atoms with van der Waals surface area (Å²) in [6.07, 6.45) is 0. The predicted octanol–water partition coefficient (Wildman–Crippen LogP) is 25.7. The molecule has 4 heteroatoms. The first kappa shape index (κ1) is 57.7. The van der Waals surface area contributed by atoms with Crippen LogP contribution in [0.4, 0.5) is 17.1 Å². The summed E-state index contributed by atoms with van der Waals surface area (Å²) in [4.78, 5) is 2.50. The van der Waals surface area contributed by atoms with E-state index in [1.54, 1.807) is 0 Å². The summed E-state index contributed by atoms with van der Waals surface area (Å²) < 4.78 is 7.21. The van der Waals surface area contributed by atoms with Crippen LogP contribution in [0.15, 0.2) is 340 Å². The number of para-hydroxylation sites is 6. The SMILES string of the molecule is CC1(C)c2cc(-c3ccc4c5ccccc5n(-c5ccccc5)c4c3)ccc2-c2ccc(N(c3ccc(-c4ccc(-c5ccc6c(c5)c5ccccc5n6-c5ccccc5)cc4)cc3)c3ccc4c(c3)C(C)(C)c3cc(-c5ccc6c7ccccc7n(-c7ccccc7)c6c5)ccc3-4)cc21. The molecule has 0 unspecified atom stereocenters. The molecule has 0 N–H and O–H groups in total. The fraction of sp³-hybridized carbons (Fsp3) is 0.0625. The summed E-state index contributed by atoms with van der Waals surface area (Å²) in [7, 11) is 0. The molecule has 0 saturated heterocycles. The highest BCUT2D eigenvalue weighted by Crippen LogP contribution is 2.55. The lowest BCUT2D eigenvalue weighted by Crippen LogP contribution is -2.18. The van der Waals surface area contributed by atoms with Crippen molar-refractivity contribution in [1.29, 1.82) is 0 Å². The number of aromatic nitrogens is 3. The third-order valence-corrected chi connectivity index (χ3v) is 22.2. The first-order chi connectivity index (χ1) is 49.1. The van der Waals surface area contributed by atoms with Gasteiger partial charge in [0, 0.05) is 77.3 Å². The van der Waals surface area contributed by atoms with Gasteiger partial charge >= 0.3 is 0 Å². The van der Waals surface area contributed by atoms with E-state index in [9.17, 15) is 0 Å². The van der Waals surface area contributed by atoms with Crippen LogP contribution in [0.1, 0.15) is 49.9 Å². The average molecular weight is 1280 g/mol. The van der Waals surface area contributed by atoms with Crippen molar-refractivity contribution in [2.45, 2.75) is 38.5 Å². The molecule has 100 heavy (non-hydrogen) atoms. The van der Waals surface area contributed by atoms with Crippen LogP contribution < -0.4 is 4.90 Å². The zero-order chi connectivity index (χ0) is 66.5. The Hall–Kier alpha value is -12.5. The van der Waals surface area contributed by atoms with Gasteiger partial charge < -0.3 is 18.6 Å². The maximum absolute atomic E-state index is 2.50. The zero-order valence-electron chi connectivity index (χ0n) is 56.1. The molecule has 3 aromatic heterocycles. The molecule has 2 aliphatic carbocycles. The van der Waals surface area contributed by atoms with Crippen LogP contribution in [0.2, 0.25) is 0 Å². The second-order valence-electron chi connectivity index (χ2n) is 28.5. The van der Waals surface area contributed by atoms with Gasteiger partial charge in [-0.25, -0.2) is 0 Å². The first-order valence-electron chi connectivity index (χ1n) is 35.0. The topological polar surface area (TPSA) is 18.0 Å². The van der Waals surface area contributed by atoms with Gasteiger partial charge in [-0.3, -0.25) is 0 Å². The molecule has 3 heterocycles. The average Bonchev–Trinajstić information content (AvgIpc) is 1.59. The molecule has 18 aromatic rings. The summed E-state index contributed by atoms with van der Waals surface area (Å²) >= 11 is 0. The first-order valence-corrected chi connectivity index (χ1v) is 35.0. The van der Waals surface area contributed by atoms with Crippen molar-refractivity contribution >= 4 is 82.5 Å². The molecule has 0 aliphatic heterocycles. The fourth-order valence-corrected chi connectivity index (χ4v) is 17.2. The number of hydrogen-bond donors (Lipinski definition) is 0. The van der Waals surface area contributed by atoms with Crippen molar-refractivity contribution < 1.29 is 0 Å². The number of hydrogen-bond acceptors (Lipinski definition) is 1. The van der Waals surface area contributed by atoms with E-state index in [4.69, 9.17) is 0 Å². The molecule has 0 amide bonds. The van der Waals surface area contributed by atoms with E-state index >= 15 is 0 Å². The molecular formula is C96H68N4. The van der Waals surface area contributed by atoms with Crippen LogP contribution in [-0.2, 0) is 10.8 Å². The van der Waals surface area contributed by atoms with Gasteiger partial charge in [0.15, 0.2) is 0 Å². The smallest absolute Gasteiger partial charge is 0.0547 e. The second kappa shape index (κ2) is 22.0. The molecule has 0 bridgehead atoms. The molecule has 0 radical (unpaired) electrons. The Morgan fingerprint density at radius 1 is 0.200 bits per heavy atom. The maximum Gasteiger partial charge on any atom is 0.0547 e. The van der Waals surface area contributed by atoms with E-state index < -0.39 is 0 Å². The summed E-state index contributed by atoms with van der Waals surface area (Å²) in [5, 5.41) is 7.54. The summed E-state index contributed by atoms with van der Waals surface area (Å²) in [5.41, 5.74) is 33.6. The zero-order valence-corrected chi connectivity index (χ0v) is 56.1. The van der Waals surface area contributed by atoms with Gasteiger partial charge in [0.25, 0.3) is 0 Å². The predicted molar refractivity (Wildman–Crippen MR) is 421 cm³/mol. The van der Waals surface area contributed by atoms with Crippen LogP contribution in [0.3, 0.4) is 0 Å². The minimum Gasteiger partial charge on any atom is -0.310 e. The van der Waals surface area contributed by atoms with Gasteiger partial charge in [0.05, 0.1) is 33.1 Å². The fourth-order valence-electron chi connectivity index (χ4n) is 17.2. The Bertz CT molecular complexity index is 6090. The van der Waals surface area contributed by atoms with E-state index in [2.05, 4.69) is 386 Å². The number of nitrogens with zero attached hydrogens (tertiary/aromatic N) is 4. The number of rotatable bonds is 10. The lowest BCUT2D eigenvalue weighted by Gasteiger charge is -2.30. The summed E-state index contributed by atoms with van der Waals surface area (Å²) in [6.45, 7) is 9.66. The van der Waals surface area contributed by atoms with Crippen LogP contribution >= 0.6 is 0 Å². The highest BCUT2D eigenvalue weighted by Gasteiger charge is 2.39. The van der Waals surface area contributed by atoms with Crippen LogP contribution in [-0.4, -0.2) is 13.7 Å². The van der Waals surface area contributed by atoms with Crippen LogP contribution in [0.5, 0.6) is 0 Å². The normalized spacial score (nSPS) is 13.4. The number of benzene rings is 15. The van der Waals surface area contributed by atoms with Gasteiger partial charge in [0.2, 0.25) is 0 Å². The largest absolute Gasteiger partial charge is 0.310 e. The van der Waals surface area contributed by atoms with Gasteiger partial charge in [0.1, 0.15) is 0 Å². The maximum atomic E-state index is 2.50. The number of anilines is 3. The Morgan fingerprint density at radius 2 is 0.480 bits per heavy atom. The summed E-state index contributed by atoms with van der Waals surface area (Å²) in [5.74, 6) is 0. The minimum absolute atomic E-state index is 0.296. The standard InChI is InChI=1S/C96H68N4/c1-95(2)85-55-65(67-40-49-82-79-26-14-17-29-89(79)99(93(82)57-67)70-22-10-6-11-23-70)38-47-75(85)77-51-45-73(59-87(77)95)97(72-43-36-62(37-44-72)61-32-34-63(35-33-61)64-42-53-92-84(54-64)81-28-16-19-31-91(81)98(92)69-20-8-5-9-21-69)74-46-52-78-76-48-39-66(56-86(76)96(3,4)88(78)60-74)68-41-50-83-80-27-15-18-30-90(80)100(94(83)58-68)71-24-12-7-13-25-71/h5-60H,1-4H3. The van der Waals surface area contributed by atoms with Gasteiger partial charge in [-0.05, 0) is 216 Å². The Morgan fingerprint density at radius 3 is 0.920 bits per heavy atom. The Kier molecular flexibility index (Phi) is 12.7. The molecule has 15 aromatic carbocycles.